The first-order chi connectivity index (χ1) is 8.22. The van der Waals surface area contributed by atoms with Gasteiger partial charge in [-0.15, -0.1) is 0 Å². The van der Waals surface area contributed by atoms with Crippen molar-refractivity contribution in [1.29, 1.82) is 0 Å². The molecule has 0 atom stereocenters. The van der Waals surface area contributed by atoms with E-state index in [-0.39, 0.29) is 0 Å². The van der Waals surface area contributed by atoms with Crippen molar-refractivity contribution in [2.45, 2.75) is 32.2 Å². The fourth-order valence-electron chi connectivity index (χ4n) is 2.35. The van der Waals surface area contributed by atoms with E-state index in [1.165, 1.54) is 12.8 Å². The fraction of sp³-hybridized carbons (Fsp3) is 0.385. The first kappa shape index (κ1) is 10.3. The summed E-state index contributed by atoms with van der Waals surface area (Å²) in [6.07, 6.45) is 2.34. The second kappa shape index (κ2) is 3.58. The minimum Gasteiger partial charge on any atom is -0.478 e. The van der Waals surface area contributed by atoms with Gasteiger partial charge in [0.2, 0.25) is 0 Å². The summed E-state index contributed by atoms with van der Waals surface area (Å²) in [5.74, 6) is 0.702. The van der Waals surface area contributed by atoms with E-state index in [1.807, 2.05) is 13.0 Å². The van der Waals surface area contributed by atoms with Crippen molar-refractivity contribution in [3.8, 4) is 0 Å². The summed E-state index contributed by atoms with van der Waals surface area (Å²) >= 11 is 0. The highest BCUT2D eigenvalue weighted by molar-refractivity contribution is 6.01. The summed E-state index contributed by atoms with van der Waals surface area (Å²) in [6, 6.07) is 5.30. The number of hydrogen-bond donors (Lipinski definition) is 1. The maximum Gasteiger partial charge on any atom is 0.337 e. The number of carbonyl (C=O) groups is 1. The molecular formula is C13H14N2O2. The third kappa shape index (κ3) is 1.52. The van der Waals surface area contributed by atoms with Crippen LogP contribution >= 0.6 is 0 Å². The summed E-state index contributed by atoms with van der Waals surface area (Å²) in [7, 11) is 0. The zero-order valence-electron chi connectivity index (χ0n) is 9.68. The van der Waals surface area contributed by atoms with Gasteiger partial charge in [0.05, 0.1) is 16.6 Å². The van der Waals surface area contributed by atoms with Crippen molar-refractivity contribution >= 4 is 17.0 Å². The van der Waals surface area contributed by atoms with Crippen LogP contribution in [0.4, 0.5) is 0 Å². The van der Waals surface area contributed by atoms with Crippen LogP contribution in [0.2, 0.25) is 0 Å². The lowest BCUT2D eigenvalue weighted by Crippen LogP contribution is -2.04. The Bertz CT molecular complexity index is 597. The van der Waals surface area contributed by atoms with Crippen LogP contribution in [0.1, 0.15) is 41.9 Å². The second-order valence-corrected chi connectivity index (χ2v) is 4.47. The number of para-hydroxylation sites is 1. The number of carboxylic acids is 1. The molecule has 0 amide bonds. The van der Waals surface area contributed by atoms with Crippen LogP contribution in [0.15, 0.2) is 18.2 Å². The van der Waals surface area contributed by atoms with E-state index in [0.717, 1.165) is 23.4 Å². The average Bonchev–Trinajstić information content (AvgIpc) is 3.09. The van der Waals surface area contributed by atoms with Gasteiger partial charge < -0.3 is 9.67 Å². The lowest BCUT2D eigenvalue weighted by Gasteiger charge is -2.06. The quantitative estimate of drug-likeness (QED) is 0.881. The molecule has 0 spiro atoms. The van der Waals surface area contributed by atoms with Gasteiger partial charge in [-0.25, -0.2) is 9.78 Å². The molecule has 3 rings (SSSR count). The van der Waals surface area contributed by atoms with Gasteiger partial charge in [0.25, 0.3) is 0 Å². The largest absolute Gasteiger partial charge is 0.478 e. The minimum atomic E-state index is -0.882. The molecule has 0 unspecified atom stereocenters. The molecule has 1 N–H and O–H groups in total. The smallest absolute Gasteiger partial charge is 0.337 e. The Morgan fingerprint density at radius 3 is 2.88 bits per heavy atom. The standard InChI is InChI=1S/C13H14N2O2/c1-2-15-11-9(13(16)17)4-3-5-10(11)14-12(15)8-6-7-8/h3-5,8H,2,6-7H2,1H3,(H,16,17). The summed E-state index contributed by atoms with van der Waals surface area (Å²) in [4.78, 5) is 15.8. The fourth-order valence-corrected chi connectivity index (χ4v) is 2.35. The van der Waals surface area contributed by atoms with Gasteiger partial charge in [0.1, 0.15) is 5.82 Å². The Balaban J connectivity index is 2.33. The minimum absolute atomic E-state index is 0.351. The van der Waals surface area contributed by atoms with E-state index < -0.39 is 5.97 Å². The summed E-state index contributed by atoms with van der Waals surface area (Å²) < 4.78 is 2.05. The molecule has 1 aromatic heterocycles. The van der Waals surface area contributed by atoms with E-state index in [2.05, 4.69) is 9.55 Å². The van der Waals surface area contributed by atoms with Crippen LogP contribution in [0.5, 0.6) is 0 Å². The molecular weight excluding hydrogens is 216 g/mol. The summed E-state index contributed by atoms with van der Waals surface area (Å²) in [5, 5.41) is 9.23. The Labute approximate surface area is 98.9 Å². The van der Waals surface area contributed by atoms with Crippen molar-refractivity contribution in [3.63, 3.8) is 0 Å². The number of benzene rings is 1. The van der Waals surface area contributed by atoms with Gasteiger partial charge in [-0.3, -0.25) is 0 Å². The highest BCUT2D eigenvalue weighted by atomic mass is 16.4. The lowest BCUT2D eigenvalue weighted by atomic mass is 10.2. The van der Waals surface area contributed by atoms with Crippen LogP contribution in [0.3, 0.4) is 0 Å². The lowest BCUT2D eigenvalue weighted by molar-refractivity contribution is 0.0698. The number of fused-ring (bicyclic) bond motifs is 1. The van der Waals surface area contributed by atoms with Gasteiger partial charge in [-0.1, -0.05) is 6.07 Å². The van der Waals surface area contributed by atoms with Crippen molar-refractivity contribution in [2.75, 3.05) is 0 Å². The maximum atomic E-state index is 11.2. The number of nitrogens with zero attached hydrogens (tertiary/aromatic N) is 2. The second-order valence-electron chi connectivity index (χ2n) is 4.47. The highest BCUT2D eigenvalue weighted by Crippen LogP contribution is 2.41. The van der Waals surface area contributed by atoms with E-state index >= 15 is 0 Å². The highest BCUT2D eigenvalue weighted by Gasteiger charge is 2.30. The van der Waals surface area contributed by atoms with Crippen molar-refractivity contribution < 1.29 is 9.90 Å². The zero-order valence-corrected chi connectivity index (χ0v) is 9.68. The zero-order chi connectivity index (χ0) is 12.0. The number of hydrogen-bond acceptors (Lipinski definition) is 2. The Morgan fingerprint density at radius 1 is 1.53 bits per heavy atom. The van der Waals surface area contributed by atoms with Crippen LogP contribution in [0, 0.1) is 0 Å². The van der Waals surface area contributed by atoms with Gasteiger partial charge in [0.15, 0.2) is 0 Å². The molecule has 1 aliphatic carbocycles. The molecule has 1 fully saturated rings. The number of aromatic nitrogens is 2. The predicted molar refractivity (Wildman–Crippen MR) is 64.3 cm³/mol. The van der Waals surface area contributed by atoms with Crippen LogP contribution in [-0.4, -0.2) is 20.6 Å². The van der Waals surface area contributed by atoms with Crippen molar-refractivity contribution in [1.82, 2.24) is 9.55 Å². The number of rotatable bonds is 3. The Hall–Kier alpha value is -1.84. The third-order valence-corrected chi connectivity index (χ3v) is 3.29. The van der Waals surface area contributed by atoms with E-state index in [0.29, 0.717) is 11.5 Å². The van der Waals surface area contributed by atoms with Crippen molar-refractivity contribution in [3.05, 3.63) is 29.6 Å². The molecule has 17 heavy (non-hydrogen) atoms. The van der Waals surface area contributed by atoms with Crippen LogP contribution in [0.25, 0.3) is 11.0 Å². The molecule has 4 nitrogen and oxygen atoms in total. The maximum absolute atomic E-state index is 11.2. The first-order valence-electron chi connectivity index (χ1n) is 5.94. The third-order valence-electron chi connectivity index (χ3n) is 3.29. The molecule has 4 heteroatoms. The van der Waals surface area contributed by atoms with Gasteiger partial charge in [0, 0.05) is 12.5 Å². The molecule has 1 heterocycles. The average molecular weight is 230 g/mol. The number of carboxylic acid groups (broad SMARTS) is 1. The molecule has 1 aliphatic rings. The predicted octanol–water partition coefficient (Wildman–Crippen LogP) is 2.63. The molecule has 1 aromatic carbocycles. The summed E-state index contributed by atoms with van der Waals surface area (Å²) in [5.41, 5.74) is 1.92. The monoisotopic (exact) mass is 230 g/mol. The normalized spacial score (nSPS) is 15.4. The van der Waals surface area contributed by atoms with Crippen LogP contribution < -0.4 is 0 Å². The van der Waals surface area contributed by atoms with E-state index in [4.69, 9.17) is 0 Å². The van der Waals surface area contributed by atoms with E-state index in [1.54, 1.807) is 12.1 Å². The van der Waals surface area contributed by atoms with E-state index in [9.17, 15) is 9.90 Å². The number of imidazole rings is 1. The number of aryl methyl sites for hydroxylation is 1. The molecule has 0 bridgehead atoms. The first-order valence-corrected chi connectivity index (χ1v) is 5.94. The Kier molecular flexibility index (Phi) is 2.18. The van der Waals surface area contributed by atoms with Gasteiger partial charge in [-0.05, 0) is 31.9 Å². The molecule has 0 aliphatic heterocycles. The Morgan fingerprint density at radius 2 is 2.29 bits per heavy atom. The van der Waals surface area contributed by atoms with Gasteiger partial charge in [-0.2, -0.15) is 0 Å². The molecule has 2 aromatic rings. The number of aromatic carboxylic acids is 1. The SMILES string of the molecule is CCn1c(C2CC2)nc2cccc(C(=O)O)c21. The molecule has 0 saturated heterocycles. The molecule has 1 saturated carbocycles. The van der Waals surface area contributed by atoms with Crippen LogP contribution in [-0.2, 0) is 6.54 Å². The topological polar surface area (TPSA) is 55.1 Å². The molecule has 0 radical (unpaired) electrons. The molecule has 88 valence electrons. The van der Waals surface area contributed by atoms with Crippen molar-refractivity contribution in [2.24, 2.45) is 0 Å². The summed E-state index contributed by atoms with van der Waals surface area (Å²) in [6.45, 7) is 2.80. The van der Waals surface area contributed by atoms with Gasteiger partial charge >= 0.3 is 5.97 Å².